The van der Waals surface area contributed by atoms with Gasteiger partial charge in [0.05, 0.1) is 5.56 Å². The highest BCUT2D eigenvalue weighted by atomic mass is 79.9. The van der Waals surface area contributed by atoms with Crippen LogP contribution < -0.4 is 5.32 Å². The molecule has 21 heavy (non-hydrogen) atoms. The van der Waals surface area contributed by atoms with Crippen LogP contribution in [-0.4, -0.2) is 11.1 Å². The molecule has 2 rings (SSSR count). The molecule has 0 spiro atoms. The van der Waals surface area contributed by atoms with E-state index in [1.165, 1.54) is 18.2 Å². The number of carbonyl (C=O) groups is 1. The molecule has 2 aromatic carbocycles. The first-order valence-corrected chi connectivity index (χ1v) is 7.28. The molecule has 0 aliphatic carbocycles. The number of nitrogens with one attached hydrogen (secondary N) is 1. The fourth-order valence-electron chi connectivity index (χ4n) is 2.04. The van der Waals surface area contributed by atoms with Gasteiger partial charge < -0.3 is 10.4 Å². The Hall–Kier alpha value is -1.72. The van der Waals surface area contributed by atoms with Gasteiger partial charge in [0.2, 0.25) is 0 Å². The first kappa shape index (κ1) is 15.7. The normalized spacial score (nSPS) is 12.1. The Morgan fingerprint density at radius 3 is 2.71 bits per heavy atom. The van der Waals surface area contributed by atoms with E-state index in [1.54, 1.807) is 0 Å². The molecule has 3 nitrogen and oxygen atoms in total. The lowest BCUT2D eigenvalue weighted by molar-refractivity contribution is 0.0696. The number of hydrogen-bond donors (Lipinski definition) is 2. The molecule has 0 aliphatic rings. The summed E-state index contributed by atoms with van der Waals surface area (Å²) >= 11 is 3.48. The molecule has 110 valence electrons. The molecule has 0 amide bonds. The lowest BCUT2D eigenvalue weighted by atomic mass is 10.1. The molecule has 0 bridgehead atoms. The van der Waals surface area contributed by atoms with Crippen LogP contribution in [0.4, 0.5) is 4.39 Å². The van der Waals surface area contributed by atoms with Crippen LogP contribution in [0.25, 0.3) is 0 Å². The van der Waals surface area contributed by atoms with Crippen LogP contribution in [0.1, 0.15) is 34.5 Å². The molecule has 2 N–H and O–H groups in total. The van der Waals surface area contributed by atoms with E-state index in [1.807, 2.05) is 31.2 Å². The van der Waals surface area contributed by atoms with E-state index in [2.05, 4.69) is 21.2 Å². The van der Waals surface area contributed by atoms with Crippen molar-refractivity contribution in [3.63, 3.8) is 0 Å². The second kappa shape index (κ2) is 6.83. The van der Waals surface area contributed by atoms with Gasteiger partial charge in [0.25, 0.3) is 0 Å². The minimum Gasteiger partial charge on any atom is -0.478 e. The van der Waals surface area contributed by atoms with E-state index in [4.69, 9.17) is 5.11 Å². The monoisotopic (exact) mass is 351 g/mol. The second-order valence-electron chi connectivity index (χ2n) is 4.74. The molecule has 0 fully saturated rings. The highest BCUT2D eigenvalue weighted by Crippen LogP contribution is 2.23. The standard InChI is InChI=1S/C16H15BrFNO2/c1-10(13-4-2-3-5-14(13)17)19-9-12-8-11(16(20)21)6-7-15(12)18/h2-8,10,19H,9H2,1H3,(H,20,21)/t10-/m1/s1. The summed E-state index contributed by atoms with van der Waals surface area (Å²) in [7, 11) is 0. The summed E-state index contributed by atoms with van der Waals surface area (Å²) in [6, 6.07) is 11.6. The maximum absolute atomic E-state index is 13.7. The van der Waals surface area contributed by atoms with E-state index in [-0.39, 0.29) is 18.2 Å². The number of hydrogen-bond acceptors (Lipinski definition) is 2. The Kier molecular flexibility index (Phi) is 5.09. The van der Waals surface area contributed by atoms with Gasteiger partial charge in [-0.25, -0.2) is 9.18 Å². The Morgan fingerprint density at radius 2 is 2.05 bits per heavy atom. The van der Waals surface area contributed by atoms with Crippen LogP contribution in [0.2, 0.25) is 0 Å². The predicted octanol–water partition coefficient (Wildman–Crippen LogP) is 4.14. The number of carboxylic acid groups (broad SMARTS) is 1. The van der Waals surface area contributed by atoms with Crippen LogP contribution in [0, 0.1) is 5.82 Å². The van der Waals surface area contributed by atoms with E-state index in [0.717, 1.165) is 10.0 Å². The van der Waals surface area contributed by atoms with E-state index < -0.39 is 11.8 Å². The van der Waals surface area contributed by atoms with Crippen LogP contribution in [-0.2, 0) is 6.54 Å². The van der Waals surface area contributed by atoms with Gasteiger partial charge in [0.1, 0.15) is 5.82 Å². The summed E-state index contributed by atoms with van der Waals surface area (Å²) in [5.41, 5.74) is 1.49. The van der Waals surface area contributed by atoms with Crippen molar-refractivity contribution in [1.82, 2.24) is 5.32 Å². The topological polar surface area (TPSA) is 49.3 Å². The van der Waals surface area contributed by atoms with Crippen molar-refractivity contribution >= 4 is 21.9 Å². The molecule has 0 unspecified atom stereocenters. The van der Waals surface area contributed by atoms with Crippen molar-refractivity contribution in [2.24, 2.45) is 0 Å². The third-order valence-electron chi connectivity index (χ3n) is 3.26. The number of carboxylic acids is 1. The summed E-state index contributed by atoms with van der Waals surface area (Å²) < 4.78 is 14.7. The van der Waals surface area contributed by atoms with Crippen LogP contribution >= 0.6 is 15.9 Å². The fourth-order valence-corrected chi connectivity index (χ4v) is 2.67. The first-order valence-electron chi connectivity index (χ1n) is 6.48. The highest BCUT2D eigenvalue weighted by molar-refractivity contribution is 9.10. The smallest absolute Gasteiger partial charge is 0.335 e. The second-order valence-corrected chi connectivity index (χ2v) is 5.59. The van der Waals surface area contributed by atoms with Gasteiger partial charge in [0.15, 0.2) is 0 Å². The number of benzene rings is 2. The van der Waals surface area contributed by atoms with Crippen LogP contribution in [0.5, 0.6) is 0 Å². The number of halogens is 2. The summed E-state index contributed by atoms with van der Waals surface area (Å²) in [6.07, 6.45) is 0. The fraction of sp³-hybridized carbons (Fsp3) is 0.188. The van der Waals surface area contributed by atoms with Crippen molar-refractivity contribution in [2.75, 3.05) is 0 Å². The Labute approximate surface area is 130 Å². The third-order valence-corrected chi connectivity index (χ3v) is 3.99. The molecule has 0 saturated heterocycles. The zero-order valence-corrected chi connectivity index (χ0v) is 13.0. The molecule has 2 aromatic rings. The average Bonchev–Trinajstić information content (AvgIpc) is 2.46. The van der Waals surface area contributed by atoms with Gasteiger partial charge in [0, 0.05) is 22.6 Å². The molecular formula is C16H15BrFNO2. The Morgan fingerprint density at radius 1 is 1.33 bits per heavy atom. The number of aromatic carboxylic acids is 1. The van der Waals surface area contributed by atoms with Crippen molar-refractivity contribution in [1.29, 1.82) is 0 Å². The minimum atomic E-state index is -1.06. The summed E-state index contributed by atoms with van der Waals surface area (Å²) in [4.78, 5) is 10.9. The zero-order valence-electron chi connectivity index (χ0n) is 11.4. The number of rotatable bonds is 5. The van der Waals surface area contributed by atoms with Gasteiger partial charge in [-0.3, -0.25) is 0 Å². The lowest BCUT2D eigenvalue weighted by Gasteiger charge is -2.16. The summed E-state index contributed by atoms with van der Waals surface area (Å²) in [5, 5.41) is 12.1. The molecule has 0 aromatic heterocycles. The van der Waals surface area contributed by atoms with Crippen molar-refractivity contribution in [3.05, 3.63) is 69.4 Å². The van der Waals surface area contributed by atoms with Gasteiger partial charge in [-0.05, 0) is 36.8 Å². The molecule has 0 radical (unpaired) electrons. The molecule has 5 heteroatoms. The van der Waals surface area contributed by atoms with Gasteiger partial charge in [-0.2, -0.15) is 0 Å². The van der Waals surface area contributed by atoms with Gasteiger partial charge >= 0.3 is 5.97 Å². The van der Waals surface area contributed by atoms with Crippen molar-refractivity contribution < 1.29 is 14.3 Å². The first-order chi connectivity index (χ1) is 9.99. The molecule has 0 heterocycles. The van der Waals surface area contributed by atoms with E-state index in [9.17, 15) is 9.18 Å². The molecule has 0 aliphatic heterocycles. The summed E-state index contributed by atoms with van der Waals surface area (Å²) in [5.74, 6) is -1.47. The van der Waals surface area contributed by atoms with Crippen LogP contribution in [0.15, 0.2) is 46.9 Å². The maximum atomic E-state index is 13.7. The Bertz CT molecular complexity index is 660. The predicted molar refractivity (Wildman–Crippen MR) is 82.8 cm³/mol. The molecule has 0 saturated carbocycles. The van der Waals surface area contributed by atoms with Crippen molar-refractivity contribution in [3.8, 4) is 0 Å². The van der Waals surface area contributed by atoms with Crippen LogP contribution in [0.3, 0.4) is 0 Å². The van der Waals surface area contributed by atoms with E-state index >= 15 is 0 Å². The zero-order chi connectivity index (χ0) is 15.4. The maximum Gasteiger partial charge on any atom is 0.335 e. The minimum absolute atomic E-state index is 0.00783. The summed E-state index contributed by atoms with van der Waals surface area (Å²) in [6.45, 7) is 2.23. The molecular weight excluding hydrogens is 337 g/mol. The average molecular weight is 352 g/mol. The van der Waals surface area contributed by atoms with Gasteiger partial charge in [-0.15, -0.1) is 0 Å². The van der Waals surface area contributed by atoms with Crippen molar-refractivity contribution in [2.45, 2.75) is 19.5 Å². The highest BCUT2D eigenvalue weighted by Gasteiger charge is 2.11. The Balaban J connectivity index is 2.11. The van der Waals surface area contributed by atoms with Gasteiger partial charge in [-0.1, -0.05) is 34.1 Å². The molecule has 1 atom stereocenters. The van der Waals surface area contributed by atoms with E-state index in [0.29, 0.717) is 5.56 Å². The third kappa shape index (κ3) is 3.89. The SMILES string of the molecule is C[C@@H](NCc1cc(C(=O)O)ccc1F)c1ccccc1Br. The largest absolute Gasteiger partial charge is 0.478 e. The lowest BCUT2D eigenvalue weighted by Crippen LogP contribution is -2.19. The quantitative estimate of drug-likeness (QED) is 0.851.